The van der Waals surface area contributed by atoms with E-state index in [2.05, 4.69) is 18.2 Å². The van der Waals surface area contributed by atoms with Crippen molar-refractivity contribution in [3.63, 3.8) is 0 Å². The summed E-state index contributed by atoms with van der Waals surface area (Å²) in [6.45, 7) is 0. The van der Waals surface area contributed by atoms with E-state index < -0.39 is 0 Å². The van der Waals surface area contributed by atoms with E-state index in [4.69, 9.17) is 19.1 Å². The molecule has 0 N–H and O–H groups in total. The maximum Gasteiger partial charge on any atom is 0.164 e. The number of fused-ring (bicyclic) bond motifs is 6. The van der Waals surface area contributed by atoms with Gasteiger partial charge in [-0.1, -0.05) is 139 Å². The zero-order valence-corrected chi connectivity index (χ0v) is 27.9. The highest BCUT2D eigenvalue weighted by Gasteiger charge is 2.18. The number of benzene rings is 7. The Kier molecular flexibility index (Phi) is 5.54. The lowest BCUT2D eigenvalue weighted by atomic mass is 9.98. The molecule has 0 bridgehead atoms. The summed E-state index contributed by atoms with van der Waals surface area (Å²) in [6.07, 6.45) is 0. The van der Waals surface area contributed by atoms with Crippen molar-refractivity contribution in [2.45, 2.75) is 0 Å². The molecule has 0 fully saturated rings. The van der Waals surface area contributed by atoms with Crippen LogP contribution in [-0.4, -0.2) is 15.0 Å². The Hall–Kier alpha value is -6.01. The summed E-state index contributed by atoms with van der Waals surface area (Å²) in [4.78, 5) is 14.8. The fraction of sp³-hybridized carbons (Fsp3) is 0. The Morgan fingerprint density at radius 3 is 1.96 bits per heavy atom. The van der Waals surface area contributed by atoms with Gasteiger partial charge in [-0.25, -0.2) is 15.0 Å². The molecule has 10 aromatic rings. The normalized spacial score (nSPS) is 13.3. The minimum atomic E-state index is -0.274. The molecule has 0 aliphatic heterocycles. The predicted octanol–water partition coefficient (Wildman–Crippen LogP) is 12.9. The Balaban J connectivity index is 1.24. The molecule has 0 saturated carbocycles. The topological polar surface area (TPSA) is 38.7 Å². The number of thiophene rings is 2. The van der Waals surface area contributed by atoms with Crippen LogP contribution in [-0.2, 0) is 0 Å². The van der Waals surface area contributed by atoms with E-state index in [-0.39, 0.29) is 53.0 Å². The average molecular weight is 680 g/mol. The van der Waals surface area contributed by atoms with Crippen molar-refractivity contribution < 1.29 is 8.22 Å². The maximum atomic E-state index is 9.66. The van der Waals surface area contributed by atoms with Crippen LogP contribution in [0.5, 0.6) is 0 Å². The molecule has 5 heteroatoms. The SMILES string of the molecule is [2H]c1c([2H])c([2H])c2c(sc3c([2H])c(-c4nc(-c5ccccc5)nc(-c5cccc6sc7ccccc7c56)n4)c([2H])c([2H])c32)c1-c1cccc(-c2ccccc2)c1. The number of aromatic nitrogens is 3. The first kappa shape index (κ1) is 23.4. The van der Waals surface area contributed by atoms with Crippen LogP contribution in [0.1, 0.15) is 8.22 Å². The lowest BCUT2D eigenvalue weighted by Crippen LogP contribution is -2.00. The Morgan fingerprint density at radius 1 is 0.420 bits per heavy atom. The zero-order valence-electron chi connectivity index (χ0n) is 32.3. The molecule has 0 aliphatic rings. The van der Waals surface area contributed by atoms with Gasteiger partial charge in [-0.15, -0.1) is 22.7 Å². The first-order chi connectivity index (χ1) is 27.3. The summed E-state index contributed by atoms with van der Waals surface area (Å²) in [5.41, 5.74) is 4.68. The lowest BCUT2D eigenvalue weighted by Gasteiger charge is -2.09. The van der Waals surface area contributed by atoms with E-state index in [1.54, 1.807) is 11.3 Å². The summed E-state index contributed by atoms with van der Waals surface area (Å²) >= 11 is 2.89. The van der Waals surface area contributed by atoms with Crippen molar-refractivity contribution >= 4 is 63.0 Å². The third-order valence-electron chi connectivity index (χ3n) is 8.85. The molecule has 0 atom stereocenters. The van der Waals surface area contributed by atoms with E-state index in [0.29, 0.717) is 37.6 Å². The quantitative estimate of drug-likeness (QED) is 0.182. The average Bonchev–Trinajstić information content (AvgIpc) is 3.83. The summed E-state index contributed by atoms with van der Waals surface area (Å²) in [5.74, 6) is 0.852. The van der Waals surface area contributed by atoms with Crippen molar-refractivity contribution in [2.75, 3.05) is 0 Å². The van der Waals surface area contributed by atoms with Crippen molar-refractivity contribution in [1.29, 1.82) is 0 Å². The molecule has 0 aliphatic carbocycles. The van der Waals surface area contributed by atoms with Crippen LogP contribution < -0.4 is 0 Å². The molecule has 3 aromatic heterocycles. The molecule has 10 rings (SSSR count). The summed E-state index contributed by atoms with van der Waals surface area (Å²) in [7, 11) is 0. The highest BCUT2D eigenvalue weighted by Crippen LogP contribution is 2.43. The summed E-state index contributed by atoms with van der Waals surface area (Å²) in [5, 5.41) is 2.62. The van der Waals surface area contributed by atoms with Gasteiger partial charge in [0.25, 0.3) is 0 Å². The molecule has 3 heterocycles. The van der Waals surface area contributed by atoms with Crippen LogP contribution in [0.3, 0.4) is 0 Å². The predicted molar refractivity (Wildman–Crippen MR) is 213 cm³/mol. The summed E-state index contributed by atoms with van der Waals surface area (Å²) < 4.78 is 58.5. The van der Waals surface area contributed by atoms with E-state index in [0.717, 1.165) is 42.4 Å². The van der Waals surface area contributed by atoms with Gasteiger partial charge in [0.2, 0.25) is 0 Å². The Labute approximate surface area is 305 Å². The third kappa shape index (κ3) is 4.90. The molecule has 50 heavy (non-hydrogen) atoms. The van der Waals surface area contributed by atoms with Gasteiger partial charge >= 0.3 is 0 Å². The molecular weight excluding hydrogens is 647 g/mol. The largest absolute Gasteiger partial charge is 0.208 e. The molecule has 0 amide bonds. The number of nitrogens with zero attached hydrogens (tertiary/aromatic N) is 3. The van der Waals surface area contributed by atoms with Crippen molar-refractivity contribution in [1.82, 2.24) is 15.0 Å². The molecule has 3 nitrogen and oxygen atoms in total. The second-order valence-corrected chi connectivity index (χ2v) is 14.0. The fourth-order valence-corrected chi connectivity index (χ4v) is 8.77. The minimum absolute atomic E-state index is 0.0565. The highest BCUT2D eigenvalue weighted by molar-refractivity contribution is 7.26. The van der Waals surface area contributed by atoms with Gasteiger partial charge in [0.1, 0.15) is 0 Å². The van der Waals surface area contributed by atoms with E-state index in [1.165, 1.54) is 11.3 Å². The zero-order chi connectivity index (χ0) is 38.2. The Morgan fingerprint density at radius 2 is 1.10 bits per heavy atom. The molecule has 234 valence electrons. The standard InChI is InChI=1S/C45H27N3S2/c1-3-12-28(13-4-1)30-16-9-17-31(26-30)33-19-10-20-35-34-25-24-32(27-40(34)50-42(33)35)44-46-43(29-14-5-2-6-15-29)47-45(48-44)37-21-11-23-39-41(37)36-18-7-8-22-38(36)49-39/h1-27H/i10D,19D,20D,24D,25D,27D. The molecule has 0 spiro atoms. The van der Waals surface area contributed by atoms with Crippen molar-refractivity contribution in [2.24, 2.45) is 0 Å². The van der Waals surface area contributed by atoms with Crippen LogP contribution in [0.2, 0.25) is 0 Å². The van der Waals surface area contributed by atoms with Crippen LogP contribution >= 0.6 is 22.7 Å². The molecule has 0 saturated heterocycles. The van der Waals surface area contributed by atoms with Gasteiger partial charge in [0.15, 0.2) is 17.5 Å². The van der Waals surface area contributed by atoms with Gasteiger partial charge in [0.05, 0.1) is 8.22 Å². The fourth-order valence-electron chi connectivity index (χ4n) is 6.50. The molecular formula is C45H27N3S2. The van der Waals surface area contributed by atoms with Crippen LogP contribution in [0.25, 0.3) is 96.8 Å². The van der Waals surface area contributed by atoms with Gasteiger partial charge < -0.3 is 0 Å². The molecule has 0 unspecified atom stereocenters. The van der Waals surface area contributed by atoms with E-state index in [1.807, 2.05) is 109 Å². The number of hydrogen-bond donors (Lipinski definition) is 0. The first-order valence-corrected chi connectivity index (χ1v) is 17.8. The van der Waals surface area contributed by atoms with Gasteiger partial charge in [-0.05, 0) is 46.5 Å². The van der Waals surface area contributed by atoms with E-state index in [9.17, 15) is 4.11 Å². The van der Waals surface area contributed by atoms with E-state index >= 15 is 0 Å². The van der Waals surface area contributed by atoms with Gasteiger partial charge in [-0.2, -0.15) is 0 Å². The number of hydrogen-bond acceptors (Lipinski definition) is 5. The smallest absolute Gasteiger partial charge is 0.164 e. The molecule has 0 radical (unpaired) electrons. The van der Waals surface area contributed by atoms with Gasteiger partial charge in [0, 0.05) is 57.0 Å². The monoisotopic (exact) mass is 679 g/mol. The summed E-state index contributed by atoms with van der Waals surface area (Å²) in [6, 6.07) is 40.3. The highest BCUT2D eigenvalue weighted by atomic mass is 32.1. The minimum Gasteiger partial charge on any atom is -0.208 e. The van der Waals surface area contributed by atoms with Crippen molar-refractivity contribution in [3.05, 3.63) is 164 Å². The van der Waals surface area contributed by atoms with Gasteiger partial charge in [-0.3, -0.25) is 0 Å². The van der Waals surface area contributed by atoms with Crippen LogP contribution in [0.15, 0.2) is 164 Å². The molecule has 7 aromatic carbocycles. The number of rotatable bonds is 5. The Bertz CT molecular complexity index is 3220. The second kappa shape index (κ2) is 11.8. The lowest BCUT2D eigenvalue weighted by molar-refractivity contribution is 1.08. The van der Waals surface area contributed by atoms with Crippen LogP contribution in [0.4, 0.5) is 0 Å². The first-order valence-electron chi connectivity index (χ1n) is 19.1. The third-order valence-corrected chi connectivity index (χ3v) is 11.1. The second-order valence-electron chi connectivity index (χ2n) is 11.9. The van der Waals surface area contributed by atoms with Crippen LogP contribution in [0, 0.1) is 0 Å². The van der Waals surface area contributed by atoms with Crippen molar-refractivity contribution in [3.8, 4) is 56.4 Å². The maximum absolute atomic E-state index is 9.66.